The second kappa shape index (κ2) is 4.55. The zero-order valence-electron chi connectivity index (χ0n) is 8.43. The Morgan fingerprint density at radius 1 is 1.64 bits per heavy atom. The maximum Gasteiger partial charge on any atom is 0.207 e. The highest BCUT2D eigenvalue weighted by Gasteiger charge is 2.41. The van der Waals surface area contributed by atoms with Crippen LogP contribution in [0.1, 0.15) is 19.8 Å². The summed E-state index contributed by atoms with van der Waals surface area (Å²) in [5.41, 5.74) is 0. The van der Waals surface area contributed by atoms with Crippen LogP contribution in [0.25, 0.3) is 0 Å². The van der Waals surface area contributed by atoms with E-state index in [0.717, 1.165) is 0 Å². The third kappa shape index (κ3) is 2.32. The van der Waals surface area contributed by atoms with Gasteiger partial charge in [-0.1, -0.05) is 13.0 Å². The summed E-state index contributed by atoms with van der Waals surface area (Å²) in [5, 5.41) is 20.2. The number of hydrogen-bond donors (Lipinski definition) is 1. The summed E-state index contributed by atoms with van der Waals surface area (Å²) >= 11 is 0. The van der Waals surface area contributed by atoms with Gasteiger partial charge in [-0.3, -0.25) is 10.1 Å². The minimum Gasteiger partial charge on any atom is -0.393 e. The third-order valence-electron chi connectivity index (χ3n) is 3.19. The van der Waals surface area contributed by atoms with Gasteiger partial charge in [0.2, 0.25) is 6.54 Å². The van der Waals surface area contributed by atoms with Crippen molar-refractivity contribution in [2.75, 3.05) is 6.54 Å². The summed E-state index contributed by atoms with van der Waals surface area (Å²) in [4.78, 5) is 10.2. The van der Waals surface area contributed by atoms with Crippen molar-refractivity contribution in [3.05, 3.63) is 22.8 Å². The molecule has 1 aliphatic carbocycles. The lowest BCUT2D eigenvalue weighted by Crippen LogP contribution is -2.25. The van der Waals surface area contributed by atoms with Crippen molar-refractivity contribution in [1.29, 1.82) is 0 Å². The Hall–Kier alpha value is -0.900. The molecule has 0 heterocycles. The lowest BCUT2D eigenvalue weighted by atomic mass is 9.88. The van der Waals surface area contributed by atoms with Crippen molar-refractivity contribution in [1.82, 2.24) is 0 Å². The standard InChI is InChI=1S/C10H17NO3/c1-3-4-8-9(6-11(13)14)7(2)5-10(8)12/h3,7-10,12H,1,4-6H2,2H3/t7-,8-,9+,10+/m1/s1. The van der Waals surface area contributed by atoms with Crippen LogP contribution in [-0.4, -0.2) is 22.7 Å². The van der Waals surface area contributed by atoms with E-state index in [1.807, 2.05) is 6.92 Å². The highest BCUT2D eigenvalue weighted by Crippen LogP contribution is 2.39. The first-order chi connectivity index (χ1) is 6.56. The molecule has 1 N–H and O–H groups in total. The molecule has 4 nitrogen and oxygen atoms in total. The SMILES string of the molecule is C=CC[C@@H]1[C@@H](C[N+](=O)[O-])[C@H](C)C[C@@H]1O. The summed E-state index contributed by atoms with van der Waals surface area (Å²) in [6, 6.07) is 0. The molecule has 80 valence electrons. The van der Waals surface area contributed by atoms with E-state index < -0.39 is 6.10 Å². The van der Waals surface area contributed by atoms with E-state index in [1.165, 1.54) is 0 Å². The second-order valence-corrected chi connectivity index (χ2v) is 4.15. The van der Waals surface area contributed by atoms with Gasteiger partial charge in [0.05, 0.1) is 6.10 Å². The van der Waals surface area contributed by atoms with E-state index in [-0.39, 0.29) is 29.2 Å². The Bertz CT molecular complexity index is 229. The molecule has 0 aliphatic heterocycles. The number of aliphatic hydroxyl groups is 1. The first-order valence-electron chi connectivity index (χ1n) is 4.97. The number of aliphatic hydroxyl groups excluding tert-OH is 1. The van der Waals surface area contributed by atoms with Crippen LogP contribution in [0.5, 0.6) is 0 Å². The quantitative estimate of drug-likeness (QED) is 0.423. The van der Waals surface area contributed by atoms with Gasteiger partial charge in [-0.2, -0.15) is 0 Å². The number of hydrogen-bond acceptors (Lipinski definition) is 3. The molecule has 1 aliphatic rings. The van der Waals surface area contributed by atoms with Gasteiger partial charge in [0.15, 0.2) is 0 Å². The minimum atomic E-state index is -0.395. The van der Waals surface area contributed by atoms with E-state index >= 15 is 0 Å². The van der Waals surface area contributed by atoms with Crippen molar-refractivity contribution in [2.45, 2.75) is 25.9 Å². The molecular formula is C10H17NO3. The zero-order chi connectivity index (χ0) is 10.7. The van der Waals surface area contributed by atoms with Gasteiger partial charge in [-0.15, -0.1) is 6.58 Å². The number of nitrogens with zero attached hydrogens (tertiary/aromatic N) is 1. The normalized spacial score (nSPS) is 37.0. The molecule has 1 fully saturated rings. The van der Waals surface area contributed by atoms with E-state index in [9.17, 15) is 15.2 Å². The van der Waals surface area contributed by atoms with Crippen LogP contribution in [-0.2, 0) is 0 Å². The number of allylic oxidation sites excluding steroid dienone is 1. The summed E-state index contributed by atoms with van der Waals surface area (Å²) in [6.07, 6.45) is 2.69. The van der Waals surface area contributed by atoms with Gasteiger partial charge in [-0.05, 0) is 24.7 Å². The summed E-state index contributed by atoms with van der Waals surface area (Å²) < 4.78 is 0. The fraction of sp³-hybridized carbons (Fsp3) is 0.800. The third-order valence-corrected chi connectivity index (χ3v) is 3.19. The summed E-state index contributed by atoms with van der Waals surface area (Å²) in [6.45, 7) is 5.56. The molecule has 0 radical (unpaired) electrons. The Morgan fingerprint density at radius 2 is 2.29 bits per heavy atom. The van der Waals surface area contributed by atoms with Gasteiger partial charge >= 0.3 is 0 Å². The molecule has 0 bridgehead atoms. The highest BCUT2D eigenvalue weighted by molar-refractivity contribution is 4.92. The van der Waals surface area contributed by atoms with E-state index in [1.54, 1.807) is 6.08 Å². The molecule has 0 amide bonds. The molecule has 0 aromatic heterocycles. The van der Waals surface area contributed by atoms with Gasteiger partial charge < -0.3 is 5.11 Å². The first-order valence-corrected chi connectivity index (χ1v) is 4.97. The van der Waals surface area contributed by atoms with Crippen LogP contribution in [0.15, 0.2) is 12.7 Å². The molecular weight excluding hydrogens is 182 g/mol. The van der Waals surface area contributed by atoms with Crippen LogP contribution < -0.4 is 0 Å². The van der Waals surface area contributed by atoms with Crippen LogP contribution in [0, 0.1) is 27.9 Å². The van der Waals surface area contributed by atoms with Crippen LogP contribution in [0.2, 0.25) is 0 Å². The minimum absolute atomic E-state index is 0.00185. The van der Waals surface area contributed by atoms with Gasteiger partial charge in [-0.25, -0.2) is 0 Å². The molecule has 0 aromatic carbocycles. The molecule has 0 unspecified atom stereocenters. The zero-order valence-corrected chi connectivity index (χ0v) is 8.43. The van der Waals surface area contributed by atoms with Crippen molar-refractivity contribution >= 4 is 0 Å². The van der Waals surface area contributed by atoms with Crippen molar-refractivity contribution in [2.24, 2.45) is 17.8 Å². The maximum atomic E-state index is 10.5. The van der Waals surface area contributed by atoms with Crippen molar-refractivity contribution < 1.29 is 10.0 Å². The van der Waals surface area contributed by atoms with Crippen LogP contribution >= 0.6 is 0 Å². The molecule has 0 spiro atoms. The Balaban J connectivity index is 2.67. The lowest BCUT2D eigenvalue weighted by molar-refractivity contribution is -0.491. The van der Waals surface area contributed by atoms with E-state index in [2.05, 4.69) is 6.58 Å². The predicted molar refractivity (Wildman–Crippen MR) is 53.4 cm³/mol. The Morgan fingerprint density at radius 3 is 2.79 bits per heavy atom. The Labute approximate surface area is 83.8 Å². The van der Waals surface area contributed by atoms with Crippen LogP contribution in [0.4, 0.5) is 0 Å². The van der Waals surface area contributed by atoms with Gasteiger partial charge in [0.1, 0.15) is 0 Å². The lowest BCUT2D eigenvalue weighted by Gasteiger charge is -2.18. The largest absolute Gasteiger partial charge is 0.393 e. The summed E-state index contributed by atoms with van der Waals surface area (Å²) in [7, 11) is 0. The second-order valence-electron chi connectivity index (χ2n) is 4.15. The highest BCUT2D eigenvalue weighted by atomic mass is 16.6. The monoisotopic (exact) mass is 199 g/mol. The smallest absolute Gasteiger partial charge is 0.207 e. The fourth-order valence-corrected chi connectivity index (χ4v) is 2.45. The van der Waals surface area contributed by atoms with E-state index in [4.69, 9.17) is 0 Å². The van der Waals surface area contributed by atoms with Crippen LogP contribution in [0.3, 0.4) is 0 Å². The average Bonchev–Trinajstić information content (AvgIpc) is 2.31. The Kier molecular flexibility index (Phi) is 3.63. The summed E-state index contributed by atoms with van der Waals surface area (Å²) in [5.74, 6) is 0.256. The molecule has 0 saturated heterocycles. The number of rotatable bonds is 4. The average molecular weight is 199 g/mol. The first kappa shape index (κ1) is 11.2. The molecule has 1 rings (SSSR count). The number of nitro groups is 1. The van der Waals surface area contributed by atoms with Gasteiger partial charge in [0.25, 0.3) is 0 Å². The molecule has 4 heteroatoms. The maximum absolute atomic E-state index is 10.5. The fourth-order valence-electron chi connectivity index (χ4n) is 2.45. The van der Waals surface area contributed by atoms with Crippen molar-refractivity contribution in [3.63, 3.8) is 0 Å². The topological polar surface area (TPSA) is 63.4 Å². The molecule has 0 aromatic rings. The molecule has 4 atom stereocenters. The van der Waals surface area contributed by atoms with Gasteiger partial charge in [0, 0.05) is 10.8 Å². The van der Waals surface area contributed by atoms with Crippen molar-refractivity contribution in [3.8, 4) is 0 Å². The molecule has 1 saturated carbocycles. The molecule has 14 heavy (non-hydrogen) atoms. The predicted octanol–water partition coefficient (Wildman–Crippen LogP) is 1.47. The van der Waals surface area contributed by atoms with E-state index in [0.29, 0.717) is 12.8 Å².